The van der Waals surface area contributed by atoms with Gasteiger partial charge in [-0.1, -0.05) is 158 Å². The van der Waals surface area contributed by atoms with Gasteiger partial charge < -0.3 is 4.57 Å². The Morgan fingerprint density at radius 1 is 0.386 bits per heavy atom. The van der Waals surface area contributed by atoms with Gasteiger partial charge in [-0.25, -0.2) is 9.97 Å². The molecular formula is C53H34N4. The molecule has 0 radical (unpaired) electrons. The molecule has 0 fully saturated rings. The van der Waals surface area contributed by atoms with Crippen LogP contribution in [0.2, 0.25) is 0 Å². The summed E-state index contributed by atoms with van der Waals surface area (Å²) in [5.41, 5.74) is 16.5. The van der Waals surface area contributed by atoms with Crippen molar-refractivity contribution in [1.82, 2.24) is 18.9 Å². The molecule has 3 heterocycles. The van der Waals surface area contributed by atoms with Crippen molar-refractivity contribution < 1.29 is 0 Å². The van der Waals surface area contributed by atoms with Crippen LogP contribution in [0.1, 0.15) is 11.1 Å². The smallest absolute Gasteiger partial charge is 0.163 e. The van der Waals surface area contributed by atoms with Crippen LogP contribution < -0.4 is 0 Å². The lowest BCUT2D eigenvalue weighted by Gasteiger charge is -2.14. The topological polar surface area (TPSA) is 35.1 Å². The summed E-state index contributed by atoms with van der Waals surface area (Å²) in [4.78, 5) is 10.7. The number of nitrogens with zero attached hydrogens (tertiary/aromatic N) is 4. The van der Waals surface area contributed by atoms with Crippen molar-refractivity contribution in [1.29, 1.82) is 0 Å². The summed E-state index contributed by atoms with van der Waals surface area (Å²) in [7, 11) is 0. The molecule has 0 N–H and O–H groups in total. The molecule has 0 bridgehead atoms. The Kier molecular flexibility index (Phi) is 6.96. The zero-order valence-electron chi connectivity index (χ0n) is 31.0. The van der Waals surface area contributed by atoms with Gasteiger partial charge >= 0.3 is 0 Å². The van der Waals surface area contributed by atoms with Crippen LogP contribution in [0.15, 0.2) is 194 Å². The Labute approximate surface area is 329 Å². The summed E-state index contributed by atoms with van der Waals surface area (Å²) >= 11 is 0. The normalized spacial score (nSPS) is 12.1. The third-order valence-electron chi connectivity index (χ3n) is 11.7. The first-order chi connectivity index (χ1) is 28.3. The van der Waals surface area contributed by atoms with Gasteiger partial charge in [0.05, 0.1) is 16.7 Å². The Morgan fingerprint density at radius 3 is 1.89 bits per heavy atom. The van der Waals surface area contributed by atoms with Crippen LogP contribution in [0.25, 0.3) is 100 Å². The maximum absolute atomic E-state index is 5.40. The van der Waals surface area contributed by atoms with Crippen molar-refractivity contribution in [3.63, 3.8) is 0 Å². The largest absolute Gasteiger partial charge is 0.309 e. The first kappa shape index (κ1) is 31.8. The lowest BCUT2D eigenvalue weighted by atomic mass is 9.97. The van der Waals surface area contributed by atoms with Gasteiger partial charge in [0, 0.05) is 38.4 Å². The standard InChI is InChI=1S/C53H34N4/c1-3-14-34(15-4-1)50-44-23-9-10-24-45(44)53-55-51(35-16-5-2-6-17-35)54-52(57(50)53)40-19-13-20-41(31-40)56-48-25-12-11-22-43(48)47-33-37(28-29-49(47)56)36-26-27-39-30-38-18-7-8-21-42(38)46(39)32-36/h1-29,31-33H,30H2. The van der Waals surface area contributed by atoms with E-state index in [4.69, 9.17) is 9.97 Å². The van der Waals surface area contributed by atoms with Crippen LogP contribution in [0, 0.1) is 0 Å². The van der Waals surface area contributed by atoms with Crippen molar-refractivity contribution >= 4 is 38.2 Å². The Hall–Kier alpha value is -7.56. The minimum atomic E-state index is 0.700. The summed E-state index contributed by atoms with van der Waals surface area (Å²) in [6, 6.07) is 69.8. The van der Waals surface area contributed by atoms with Crippen molar-refractivity contribution in [2.24, 2.45) is 0 Å². The first-order valence-corrected chi connectivity index (χ1v) is 19.5. The third-order valence-corrected chi connectivity index (χ3v) is 11.7. The molecule has 57 heavy (non-hydrogen) atoms. The maximum atomic E-state index is 5.40. The number of rotatable bonds is 5. The molecule has 12 rings (SSSR count). The quantitative estimate of drug-likeness (QED) is 0.177. The number of hydrogen-bond acceptors (Lipinski definition) is 2. The minimum absolute atomic E-state index is 0.700. The fraction of sp³-hybridized carbons (Fsp3) is 0.0189. The molecule has 3 aromatic heterocycles. The Balaban J connectivity index is 1.07. The van der Waals surface area contributed by atoms with Crippen LogP contribution >= 0.6 is 0 Å². The van der Waals surface area contributed by atoms with E-state index in [0.29, 0.717) is 5.82 Å². The molecule has 11 aromatic rings. The molecule has 1 aliphatic carbocycles. The second-order valence-electron chi connectivity index (χ2n) is 15.0. The molecular weight excluding hydrogens is 693 g/mol. The second-order valence-corrected chi connectivity index (χ2v) is 15.0. The van der Waals surface area contributed by atoms with Crippen molar-refractivity contribution in [2.75, 3.05) is 0 Å². The molecule has 0 saturated heterocycles. The average Bonchev–Trinajstić information content (AvgIpc) is 3.94. The summed E-state index contributed by atoms with van der Waals surface area (Å²) < 4.78 is 4.66. The molecule has 0 unspecified atom stereocenters. The molecule has 0 atom stereocenters. The highest BCUT2D eigenvalue weighted by molar-refractivity contribution is 6.11. The summed E-state index contributed by atoms with van der Waals surface area (Å²) in [5, 5.41) is 4.70. The van der Waals surface area contributed by atoms with E-state index in [0.717, 1.165) is 62.3 Å². The predicted octanol–water partition coefficient (Wildman–Crippen LogP) is 13.2. The SMILES string of the molecule is c1ccc(-c2nc(-c3cccc(-n4c5ccccc5c5cc(-c6ccc7c(c6)-c6ccccc6C7)ccc54)c3)n3c(-c4ccccc4)c4ccccc4c3n2)cc1. The Morgan fingerprint density at radius 2 is 1.04 bits per heavy atom. The molecule has 0 aliphatic heterocycles. The lowest BCUT2D eigenvalue weighted by Crippen LogP contribution is -2.03. The van der Waals surface area contributed by atoms with E-state index < -0.39 is 0 Å². The van der Waals surface area contributed by atoms with E-state index in [1.165, 1.54) is 49.7 Å². The molecule has 4 nitrogen and oxygen atoms in total. The zero-order valence-corrected chi connectivity index (χ0v) is 31.0. The van der Waals surface area contributed by atoms with E-state index in [2.05, 4.69) is 185 Å². The van der Waals surface area contributed by atoms with Crippen molar-refractivity contribution in [3.05, 3.63) is 205 Å². The number of para-hydroxylation sites is 1. The number of aromatic nitrogens is 4. The predicted molar refractivity (Wildman–Crippen MR) is 235 cm³/mol. The molecule has 266 valence electrons. The molecule has 1 aliphatic rings. The van der Waals surface area contributed by atoms with Crippen LogP contribution in [-0.2, 0) is 6.42 Å². The minimum Gasteiger partial charge on any atom is -0.309 e. The van der Waals surface area contributed by atoms with Gasteiger partial charge in [-0.15, -0.1) is 0 Å². The molecule has 8 aromatic carbocycles. The van der Waals surface area contributed by atoms with Gasteiger partial charge in [0.2, 0.25) is 0 Å². The van der Waals surface area contributed by atoms with Gasteiger partial charge in [0.25, 0.3) is 0 Å². The Bertz CT molecular complexity index is 3370. The summed E-state index contributed by atoms with van der Waals surface area (Å²) in [6.07, 6.45) is 1.000. The van der Waals surface area contributed by atoms with Gasteiger partial charge in [0.1, 0.15) is 11.5 Å². The average molecular weight is 727 g/mol. The van der Waals surface area contributed by atoms with E-state index in [9.17, 15) is 0 Å². The molecule has 0 saturated carbocycles. The highest BCUT2D eigenvalue weighted by Gasteiger charge is 2.23. The second kappa shape index (κ2) is 12.5. The molecule has 4 heteroatoms. The number of hydrogen-bond donors (Lipinski definition) is 0. The van der Waals surface area contributed by atoms with Crippen LogP contribution in [0.3, 0.4) is 0 Å². The van der Waals surface area contributed by atoms with Gasteiger partial charge in [-0.05, 0) is 81.8 Å². The summed E-state index contributed by atoms with van der Waals surface area (Å²) in [6.45, 7) is 0. The maximum Gasteiger partial charge on any atom is 0.163 e. The zero-order chi connectivity index (χ0) is 37.5. The van der Waals surface area contributed by atoms with E-state index in [1.807, 2.05) is 18.2 Å². The van der Waals surface area contributed by atoms with Crippen LogP contribution in [0.4, 0.5) is 0 Å². The summed E-state index contributed by atoms with van der Waals surface area (Å²) in [5.74, 6) is 1.54. The monoisotopic (exact) mass is 726 g/mol. The van der Waals surface area contributed by atoms with E-state index in [-0.39, 0.29) is 0 Å². The highest BCUT2D eigenvalue weighted by atomic mass is 15.1. The highest BCUT2D eigenvalue weighted by Crippen LogP contribution is 2.42. The van der Waals surface area contributed by atoms with Gasteiger partial charge in [0.15, 0.2) is 5.82 Å². The lowest BCUT2D eigenvalue weighted by molar-refractivity contribution is 1.05. The third kappa shape index (κ3) is 4.94. The van der Waals surface area contributed by atoms with E-state index >= 15 is 0 Å². The van der Waals surface area contributed by atoms with E-state index in [1.54, 1.807) is 0 Å². The fourth-order valence-corrected chi connectivity index (χ4v) is 9.13. The van der Waals surface area contributed by atoms with Crippen molar-refractivity contribution in [2.45, 2.75) is 6.42 Å². The first-order valence-electron chi connectivity index (χ1n) is 19.5. The van der Waals surface area contributed by atoms with Gasteiger partial charge in [-0.2, -0.15) is 0 Å². The van der Waals surface area contributed by atoms with Gasteiger partial charge in [-0.3, -0.25) is 4.40 Å². The van der Waals surface area contributed by atoms with Crippen LogP contribution in [0.5, 0.6) is 0 Å². The number of benzene rings is 8. The molecule has 0 spiro atoms. The number of fused-ring (bicyclic) bond motifs is 9. The molecule has 0 amide bonds. The fourth-order valence-electron chi connectivity index (χ4n) is 9.13. The van der Waals surface area contributed by atoms with Crippen molar-refractivity contribution in [3.8, 4) is 62.0 Å². The van der Waals surface area contributed by atoms with Crippen LogP contribution in [-0.4, -0.2) is 18.9 Å².